The van der Waals surface area contributed by atoms with Gasteiger partial charge < -0.3 is 14.1 Å². The van der Waals surface area contributed by atoms with Crippen LogP contribution in [0.4, 0.5) is 0 Å². The van der Waals surface area contributed by atoms with E-state index in [0.717, 1.165) is 6.42 Å². The van der Waals surface area contributed by atoms with Gasteiger partial charge in [-0.1, -0.05) is 37.3 Å². The maximum atomic E-state index is 12.8. The van der Waals surface area contributed by atoms with E-state index >= 15 is 0 Å². The fraction of sp³-hybridized carbons (Fsp3) is 0.480. The number of hydrogen-bond acceptors (Lipinski definition) is 4. The first-order valence-electron chi connectivity index (χ1n) is 11.2. The summed E-state index contributed by atoms with van der Waals surface area (Å²) in [5.74, 6) is 0.709. The van der Waals surface area contributed by atoms with E-state index in [1.807, 2.05) is 6.07 Å². The van der Waals surface area contributed by atoms with E-state index in [4.69, 9.17) is 20.8 Å². The van der Waals surface area contributed by atoms with E-state index in [2.05, 4.69) is 4.90 Å². The summed E-state index contributed by atoms with van der Waals surface area (Å²) in [5, 5.41) is 1.55. The Morgan fingerprint density at radius 3 is 2.37 bits per heavy atom. The highest BCUT2D eigenvalue weighted by atomic mass is 35.5. The molecule has 1 aromatic heterocycles. The van der Waals surface area contributed by atoms with Gasteiger partial charge in [0.2, 0.25) is 5.43 Å². The number of nitrogens with zero attached hydrogens (tertiary/aromatic N) is 1. The predicted molar refractivity (Wildman–Crippen MR) is 124 cm³/mol. The summed E-state index contributed by atoms with van der Waals surface area (Å²) in [4.78, 5) is 15.4. The first-order chi connectivity index (χ1) is 14.7. The number of ether oxygens (including phenoxy) is 1. The molecule has 1 aliphatic rings. The summed E-state index contributed by atoms with van der Waals surface area (Å²) in [6, 6.07) is 10.6. The lowest BCUT2D eigenvalue weighted by atomic mass is 10.1. The minimum absolute atomic E-state index is 0.0762. The summed E-state index contributed by atoms with van der Waals surface area (Å²) in [6.45, 7) is 4.46. The molecule has 3 aromatic rings. The fourth-order valence-corrected chi connectivity index (χ4v) is 4.41. The molecule has 0 N–H and O–H groups in total. The van der Waals surface area contributed by atoms with Crippen molar-refractivity contribution in [2.75, 3.05) is 26.2 Å². The second-order valence-electron chi connectivity index (χ2n) is 8.25. The molecular weight excluding hydrogens is 398 g/mol. The van der Waals surface area contributed by atoms with Crippen molar-refractivity contribution >= 4 is 33.5 Å². The Hall–Kier alpha value is -2.04. The van der Waals surface area contributed by atoms with Crippen molar-refractivity contribution in [3.63, 3.8) is 0 Å². The molecule has 4 rings (SSSR count). The Bertz CT molecular complexity index is 1040. The molecule has 0 unspecified atom stereocenters. The summed E-state index contributed by atoms with van der Waals surface area (Å²) >= 11 is 6.04. The largest absolute Gasteiger partial charge is 0.494 e. The van der Waals surface area contributed by atoms with Gasteiger partial charge in [-0.25, -0.2) is 0 Å². The third-order valence-electron chi connectivity index (χ3n) is 5.94. The molecule has 0 amide bonds. The molecule has 1 saturated heterocycles. The van der Waals surface area contributed by atoms with Gasteiger partial charge in [-0.05, 0) is 81.7 Å². The summed E-state index contributed by atoms with van der Waals surface area (Å²) in [5.41, 5.74) is 1.04. The molecule has 30 heavy (non-hydrogen) atoms. The zero-order valence-electron chi connectivity index (χ0n) is 17.5. The fourth-order valence-electron chi connectivity index (χ4n) is 4.24. The number of rotatable bonds is 8. The van der Waals surface area contributed by atoms with Crippen LogP contribution in [0.3, 0.4) is 0 Å². The van der Waals surface area contributed by atoms with Crippen molar-refractivity contribution in [3.05, 3.63) is 51.6 Å². The molecule has 1 fully saturated rings. The van der Waals surface area contributed by atoms with E-state index in [1.54, 1.807) is 30.3 Å². The van der Waals surface area contributed by atoms with Gasteiger partial charge in [0.25, 0.3) is 0 Å². The Morgan fingerprint density at radius 1 is 0.867 bits per heavy atom. The normalized spacial score (nSPS) is 15.5. The average Bonchev–Trinajstić information content (AvgIpc) is 3.03. The molecule has 0 atom stereocenters. The molecule has 0 radical (unpaired) electrons. The van der Waals surface area contributed by atoms with Crippen molar-refractivity contribution in [1.82, 2.24) is 4.90 Å². The van der Waals surface area contributed by atoms with Crippen LogP contribution in [-0.2, 0) is 0 Å². The second-order valence-corrected chi connectivity index (χ2v) is 8.68. The molecule has 2 aromatic carbocycles. The smallest absolute Gasteiger partial charge is 0.200 e. The van der Waals surface area contributed by atoms with Crippen molar-refractivity contribution in [2.45, 2.75) is 51.4 Å². The van der Waals surface area contributed by atoms with E-state index in [1.165, 1.54) is 64.6 Å². The average molecular weight is 428 g/mol. The van der Waals surface area contributed by atoms with E-state index in [9.17, 15) is 4.79 Å². The Balaban J connectivity index is 1.26. The summed E-state index contributed by atoms with van der Waals surface area (Å²) in [6.07, 6.45) is 10.2. The lowest BCUT2D eigenvalue weighted by molar-refractivity contribution is 0.272. The Kier molecular flexibility index (Phi) is 7.29. The Labute approximate surface area is 182 Å². The van der Waals surface area contributed by atoms with Gasteiger partial charge in [0.1, 0.15) is 16.9 Å². The van der Waals surface area contributed by atoms with Crippen LogP contribution in [0, 0.1) is 0 Å². The quantitative estimate of drug-likeness (QED) is 0.307. The number of benzene rings is 2. The van der Waals surface area contributed by atoms with Gasteiger partial charge in [0.05, 0.1) is 17.4 Å². The molecule has 1 aliphatic heterocycles. The molecule has 0 aliphatic carbocycles. The van der Waals surface area contributed by atoms with Gasteiger partial charge in [-0.2, -0.15) is 0 Å². The number of likely N-dealkylation sites (tertiary alicyclic amines) is 1. The maximum Gasteiger partial charge on any atom is 0.200 e. The van der Waals surface area contributed by atoms with E-state index < -0.39 is 0 Å². The van der Waals surface area contributed by atoms with Crippen molar-refractivity contribution in [3.8, 4) is 5.75 Å². The SMILES string of the molecule is O=c1c2cc(Cl)ccc2oc2ccc(OCCCCCCN3CCCCCC3)cc12. The number of halogens is 1. The molecule has 0 saturated carbocycles. The van der Waals surface area contributed by atoms with Crippen LogP contribution in [-0.4, -0.2) is 31.1 Å². The molecule has 0 spiro atoms. The zero-order valence-corrected chi connectivity index (χ0v) is 18.3. The minimum Gasteiger partial charge on any atom is -0.494 e. The third-order valence-corrected chi connectivity index (χ3v) is 6.17. The van der Waals surface area contributed by atoms with Crippen LogP contribution in [0.5, 0.6) is 5.75 Å². The zero-order chi connectivity index (χ0) is 20.8. The van der Waals surface area contributed by atoms with Crippen LogP contribution in [0.25, 0.3) is 21.9 Å². The van der Waals surface area contributed by atoms with Crippen LogP contribution < -0.4 is 10.2 Å². The first-order valence-corrected chi connectivity index (χ1v) is 11.6. The van der Waals surface area contributed by atoms with Crippen LogP contribution in [0.2, 0.25) is 5.02 Å². The molecule has 5 heteroatoms. The minimum atomic E-state index is -0.0762. The lowest BCUT2D eigenvalue weighted by Gasteiger charge is -2.19. The Morgan fingerprint density at radius 2 is 1.57 bits per heavy atom. The van der Waals surface area contributed by atoms with Gasteiger partial charge in [-0.3, -0.25) is 4.79 Å². The first kappa shape index (κ1) is 21.2. The van der Waals surface area contributed by atoms with Gasteiger partial charge in [0, 0.05) is 5.02 Å². The van der Waals surface area contributed by atoms with E-state index in [-0.39, 0.29) is 5.43 Å². The molecule has 0 bridgehead atoms. The number of hydrogen-bond donors (Lipinski definition) is 0. The van der Waals surface area contributed by atoms with Gasteiger partial charge in [-0.15, -0.1) is 0 Å². The highest BCUT2D eigenvalue weighted by Crippen LogP contribution is 2.24. The molecule has 2 heterocycles. The number of fused-ring (bicyclic) bond motifs is 2. The highest BCUT2D eigenvalue weighted by Gasteiger charge is 2.10. The summed E-state index contributed by atoms with van der Waals surface area (Å²) in [7, 11) is 0. The highest BCUT2D eigenvalue weighted by molar-refractivity contribution is 6.31. The molecule has 160 valence electrons. The maximum absolute atomic E-state index is 12.8. The van der Waals surface area contributed by atoms with Crippen molar-refractivity contribution < 1.29 is 9.15 Å². The standard InChI is InChI=1S/C25H30ClNO3/c26-19-9-11-23-21(17-19)25(28)22-18-20(10-12-24(22)30-23)29-16-8-4-3-7-15-27-13-5-1-2-6-14-27/h9-12,17-18H,1-8,13-16H2. The predicted octanol–water partition coefficient (Wildman–Crippen LogP) is 6.41. The number of unbranched alkanes of at least 4 members (excludes halogenated alkanes) is 3. The van der Waals surface area contributed by atoms with Crippen molar-refractivity contribution in [2.24, 2.45) is 0 Å². The molecule has 4 nitrogen and oxygen atoms in total. The lowest BCUT2D eigenvalue weighted by Crippen LogP contribution is -2.25. The van der Waals surface area contributed by atoms with Crippen LogP contribution in [0.1, 0.15) is 51.4 Å². The van der Waals surface area contributed by atoms with Gasteiger partial charge >= 0.3 is 0 Å². The topological polar surface area (TPSA) is 42.7 Å². The second kappa shape index (κ2) is 10.3. The van der Waals surface area contributed by atoms with Crippen molar-refractivity contribution in [1.29, 1.82) is 0 Å². The van der Waals surface area contributed by atoms with Gasteiger partial charge in [0.15, 0.2) is 0 Å². The molecular formula is C25H30ClNO3. The summed E-state index contributed by atoms with van der Waals surface area (Å²) < 4.78 is 11.7. The van der Waals surface area contributed by atoms with Crippen LogP contribution >= 0.6 is 11.6 Å². The van der Waals surface area contributed by atoms with Crippen LogP contribution in [0.15, 0.2) is 45.6 Å². The monoisotopic (exact) mass is 427 g/mol. The van der Waals surface area contributed by atoms with E-state index in [0.29, 0.717) is 39.3 Å². The third kappa shape index (κ3) is 5.35.